The van der Waals surface area contributed by atoms with Crippen LogP contribution in [0.5, 0.6) is 0 Å². The number of nitrogens with zero attached hydrogens (tertiary/aromatic N) is 1. The zero-order chi connectivity index (χ0) is 28.7. The molecule has 0 amide bonds. The number of aliphatic hydroxyl groups is 1. The van der Waals surface area contributed by atoms with E-state index in [0.29, 0.717) is 0 Å². The van der Waals surface area contributed by atoms with E-state index in [1.54, 1.807) is 6.07 Å². The molecule has 3 aromatic carbocycles. The Labute approximate surface area is 252 Å². The van der Waals surface area contributed by atoms with Gasteiger partial charge in [0.15, 0.2) is 5.78 Å². The molecule has 40 heavy (non-hydrogen) atoms. The Bertz CT molecular complexity index is 1470. The summed E-state index contributed by atoms with van der Waals surface area (Å²) in [5.74, 6) is 0.223. The number of aryl methyl sites for hydroxylation is 2. The fraction of sp³-hybridized carbons (Fsp3) is 0.371. The van der Waals surface area contributed by atoms with Gasteiger partial charge in [0, 0.05) is 43.7 Å². The topological polar surface area (TPSA) is 50.2 Å². The molecule has 1 N–H and O–H groups in total. The number of ketones is 1. The molecule has 0 saturated carbocycles. The van der Waals surface area contributed by atoms with E-state index in [2.05, 4.69) is 36.2 Å². The van der Waals surface area contributed by atoms with Gasteiger partial charge in [-0.1, -0.05) is 72.7 Å². The second kappa shape index (κ2) is 14.7. The number of hydrogen-bond acceptors (Lipinski definition) is 3. The fourth-order valence-corrected chi connectivity index (χ4v) is 4.84. The fourth-order valence-electron chi connectivity index (χ4n) is 4.84. The summed E-state index contributed by atoms with van der Waals surface area (Å²) < 4.78 is 13.5. The Kier molecular flexibility index (Phi) is 12.2. The van der Waals surface area contributed by atoms with Crippen molar-refractivity contribution in [2.75, 3.05) is 0 Å². The van der Waals surface area contributed by atoms with Gasteiger partial charge in [0.1, 0.15) is 5.82 Å². The van der Waals surface area contributed by atoms with Gasteiger partial charge in [-0.3, -0.25) is 4.79 Å². The molecule has 5 heteroatoms. The van der Waals surface area contributed by atoms with Crippen molar-refractivity contribution in [3.8, 4) is 11.3 Å². The molecule has 0 unspecified atom stereocenters. The first kappa shape index (κ1) is 33.3. The van der Waals surface area contributed by atoms with Gasteiger partial charge in [-0.05, 0) is 65.1 Å². The van der Waals surface area contributed by atoms with Crippen LogP contribution in [0.2, 0.25) is 0 Å². The summed E-state index contributed by atoms with van der Waals surface area (Å²) in [4.78, 5) is 16.6. The molecule has 3 nitrogen and oxygen atoms in total. The number of carbonyl (C=O) groups excluding carboxylic acids is 1. The van der Waals surface area contributed by atoms with Crippen molar-refractivity contribution in [3.63, 3.8) is 0 Å². The normalized spacial score (nSPS) is 11.8. The van der Waals surface area contributed by atoms with E-state index < -0.39 is 0 Å². The van der Waals surface area contributed by atoms with Gasteiger partial charge in [0.05, 0.1) is 5.76 Å². The first-order chi connectivity index (χ1) is 18.5. The minimum Gasteiger partial charge on any atom is -0.512 e. The van der Waals surface area contributed by atoms with Crippen LogP contribution in [0.1, 0.15) is 71.4 Å². The maximum atomic E-state index is 13.5. The summed E-state index contributed by atoms with van der Waals surface area (Å²) in [6, 6.07) is 18.5. The van der Waals surface area contributed by atoms with Crippen LogP contribution in [0.25, 0.3) is 32.8 Å². The van der Waals surface area contributed by atoms with Crippen LogP contribution < -0.4 is 0 Å². The summed E-state index contributed by atoms with van der Waals surface area (Å²) in [5, 5.41) is 14.0. The van der Waals surface area contributed by atoms with Crippen molar-refractivity contribution in [2.45, 2.75) is 74.1 Å². The largest absolute Gasteiger partial charge is 0.512 e. The third-order valence-electron chi connectivity index (χ3n) is 7.94. The average Bonchev–Trinajstić information content (AvgIpc) is 2.92. The quantitative estimate of drug-likeness (QED) is 0.0855. The van der Waals surface area contributed by atoms with E-state index in [1.807, 2.05) is 65.9 Å². The third kappa shape index (κ3) is 7.86. The number of halogens is 1. The van der Waals surface area contributed by atoms with Crippen LogP contribution in [0, 0.1) is 37.1 Å². The number of aromatic nitrogens is 1. The Morgan fingerprint density at radius 1 is 0.975 bits per heavy atom. The van der Waals surface area contributed by atoms with Crippen LogP contribution in [-0.2, 0) is 24.9 Å². The third-order valence-corrected chi connectivity index (χ3v) is 7.94. The number of rotatable bonds is 8. The van der Waals surface area contributed by atoms with Crippen LogP contribution in [0.15, 0.2) is 66.6 Å². The van der Waals surface area contributed by atoms with E-state index in [4.69, 9.17) is 0 Å². The Hall–Kier alpha value is -2.88. The molecule has 0 aliphatic heterocycles. The van der Waals surface area contributed by atoms with Gasteiger partial charge in [-0.15, -0.1) is 34.9 Å². The molecule has 4 rings (SSSR count). The molecule has 0 saturated heterocycles. The summed E-state index contributed by atoms with van der Waals surface area (Å²) in [7, 11) is 0. The van der Waals surface area contributed by atoms with Crippen molar-refractivity contribution < 1.29 is 34.4 Å². The van der Waals surface area contributed by atoms with E-state index in [-0.39, 0.29) is 48.8 Å². The smallest absolute Gasteiger partial charge is 0.164 e. The Morgan fingerprint density at radius 3 is 2.23 bits per heavy atom. The molecular weight excluding hydrogens is 678 g/mol. The molecular formula is C35H41FIrNO2-. The molecule has 0 aliphatic rings. The number of pyridine rings is 1. The molecule has 0 atom stereocenters. The van der Waals surface area contributed by atoms with Crippen LogP contribution in [-0.4, -0.2) is 15.9 Å². The predicted octanol–water partition coefficient (Wildman–Crippen LogP) is 9.87. The molecule has 0 spiro atoms. The van der Waals surface area contributed by atoms with Crippen LogP contribution >= 0.6 is 0 Å². The van der Waals surface area contributed by atoms with Gasteiger partial charge >= 0.3 is 0 Å². The second-order valence-electron chi connectivity index (χ2n) is 10.7. The van der Waals surface area contributed by atoms with Gasteiger partial charge in [-0.25, -0.2) is 4.39 Å². The molecule has 0 fully saturated rings. The summed E-state index contributed by atoms with van der Waals surface area (Å²) in [6.45, 7) is 14.2. The van der Waals surface area contributed by atoms with Gasteiger partial charge in [0.25, 0.3) is 0 Å². The van der Waals surface area contributed by atoms with Crippen LogP contribution in [0.4, 0.5) is 4.39 Å². The first-order valence-electron chi connectivity index (χ1n) is 14.0. The summed E-state index contributed by atoms with van der Waals surface area (Å²) in [5.41, 5.74) is 3.85. The van der Waals surface area contributed by atoms with E-state index >= 15 is 0 Å². The minimum absolute atomic E-state index is 0. The monoisotopic (exact) mass is 719 g/mol. The summed E-state index contributed by atoms with van der Waals surface area (Å²) in [6.07, 6.45) is 6.70. The maximum absolute atomic E-state index is 13.5. The van der Waals surface area contributed by atoms with Gasteiger partial charge in [-0.2, -0.15) is 0 Å². The number of carbonyl (C=O) groups is 1. The summed E-state index contributed by atoms with van der Waals surface area (Å²) >= 11 is 0. The zero-order valence-electron chi connectivity index (χ0n) is 24.7. The minimum atomic E-state index is -0.319. The van der Waals surface area contributed by atoms with Crippen molar-refractivity contribution >= 4 is 27.3 Å². The van der Waals surface area contributed by atoms with Gasteiger partial charge < -0.3 is 10.1 Å². The van der Waals surface area contributed by atoms with Gasteiger partial charge in [0.2, 0.25) is 0 Å². The van der Waals surface area contributed by atoms with Crippen molar-refractivity contribution in [1.29, 1.82) is 0 Å². The van der Waals surface area contributed by atoms with Crippen molar-refractivity contribution in [2.24, 2.45) is 11.3 Å². The average molecular weight is 719 g/mol. The SMILES string of the molecule is CCC(CC)/C(O)=C/C(=O)C(C)(CC)CC.Cc1[c-]c(-c2cc3c(ccc4cc(F)ccc43)cn2)cc(C)c1.[Ir]. The number of hydrogen-bond donors (Lipinski definition) is 1. The molecule has 1 heterocycles. The molecule has 215 valence electrons. The van der Waals surface area contributed by atoms with Crippen molar-refractivity contribution in [3.05, 3.63) is 89.6 Å². The van der Waals surface area contributed by atoms with E-state index in [9.17, 15) is 14.3 Å². The maximum Gasteiger partial charge on any atom is 0.164 e. The standard InChI is InChI=1S/C21H15FN.C14H26O2.Ir/c1-13-7-14(2)9-17(8-13)21-11-20-16(12-23-21)4-3-15-10-18(22)5-6-19(15)20;1-6-11(7-2)12(15)10-13(16)14(5,8-3)9-4;/h3-8,10-12H,1-2H3;10-11,15H,6-9H2,1-5H3;/q-1;;/b;12-10-;. The Morgan fingerprint density at radius 2 is 1.62 bits per heavy atom. The molecule has 1 aromatic heterocycles. The number of aliphatic hydroxyl groups excluding tert-OH is 1. The van der Waals surface area contributed by atoms with Crippen molar-refractivity contribution in [1.82, 2.24) is 4.98 Å². The van der Waals surface area contributed by atoms with Crippen LogP contribution in [0.3, 0.4) is 0 Å². The zero-order valence-corrected chi connectivity index (χ0v) is 27.1. The first-order valence-corrected chi connectivity index (χ1v) is 14.0. The number of benzene rings is 3. The molecule has 1 radical (unpaired) electrons. The Balaban J connectivity index is 0.000000294. The van der Waals surface area contributed by atoms with E-state index in [1.165, 1.54) is 17.7 Å². The van der Waals surface area contributed by atoms with E-state index in [0.717, 1.165) is 64.0 Å². The second-order valence-corrected chi connectivity index (χ2v) is 10.7. The molecule has 0 bridgehead atoms. The molecule has 4 aromatic rings. The predicted molar refractivity (Wildman–Crippen MR) is 161 cm³/mol. The number of allylic oxidation sites excluding steroid dienone is 2. The molecule has 0 aliphatic carbocycles. The number of fused-ring (bicyclic) bond motifs is 3.